The smallest absolute Gasteiger partial charge is 0.217 e. The summed E-state index contributed by atoms with van der Waals surface area (Å²) in [5, 5.41) is 16.4. The molecular formula is C34H36BrN2O2+. The highest BCUT2D eigenvalue weighted by atomic mass is 79.9. The third-order valence-electron chi connectivity index (χ3n) is 8.09. The van der Waals surface area contributed by atoms with Crippen LogP contribution in [0.15, 0.2) is 102 Å². The molecular weight excluding hydrogens is 548 g/mol. The molecule has 4 aromatic carbocycles. The van der Waals surface area contributed by atoms with Crippen LogP contribution < -0.4 is 4.74 Å². The summed E-state index contributed by atoms with van der Waals surface area (Å²) in [6.07, 6.45) is 0.557. The average molecular weight is 585 g/mol. The number of fused-ring (bicyclic) bond motifs is 2. The molecule has 0 spiro atoms. The summed E-state index contributed by atoms with van der Waals surface area (Å²) in [5.74, 6) is 0.105. The minimum Gasteiger partial charge on any atom is -0.481 e. The Hall–Kier alpha value is -3.25. The molecule has 1 aromatic heterocycles. The number of quaternary nitrogens is 1. The van der Waals surface area contributed by atoms with E-state index in [-0.39, 0.29) is 0 Å². The first-order valence-electron chi connectivity index (χ1n) is 13.5. The molecule has 0 radical (unpaired) electrons. The van der Waals surface area contributed by atoms with E-state index in [9.17, 15) is 5.11 Å². The van der Waals surface area contributed by atoms with Crippen LogP contribution in [0.3, 0.4) is 0 Å². The van der Waals surface area contributed by atoms with Gasteiger partial charge in [-0.3, -0.25) is 0 Å². The summed E-state index contributed by atoms with van der Waals surface area (Å²) in [6, 6.07) is 33.0. The van der Waals surface area contributed by atoms with Gasteiger partial charge in [-0.25, -0.2) is 4.98 Å². The van der Waals surface area contributed by atoms with Gasteiger partial charge in [-0.15, -0.1) is 0 Å². The van der Waals surface area contributed by atoms with E-state index < -0.39 is 11.5 Å². The van der Waals surface area contributed by atoms with Crippen LogP contribution in [-0.4, -0.2) is 48.9 Å². The number of rotatable bonds is 9. The van der Waals surface area contributed by atoms with E-state index in [1.807, 2.05) is 42.5 Å². The Morgan fingerprint density at radius 2 is 1.62 bits per heavy atom. The number of nitrogens with zero attached hydrogens (tertiary/aromatic N) is 2. The molecule has 39 heavy (non-hydrogen) atoms. The predicted octanol–water partition coefficient (Wildman–Crippen LogP) is 7.67. The van der Waals surface area contributed by atoms with Crippen LogP contribution in [0, 0.1) is 0 Å². The first kappa shape index (κ1) is 27.3. The maximum atomic E-state index is 13.3. The summed E-state index contributed by atoms with van der Waals surface area (Å²) < 4.78 is 7.72. The predicted molar refractivity (Wildman–Crippen MR) is 164 cm³/mol. The fourth-order valence-corrected chi connectivity index (χ4v) is 5.92. The van der Waals surface area contributed by atoms with Gasteiger partial charge in [-0.2, -0.15) is 0 Å². The van der Waals surface area contributed by atoms with Gasteiger partial charge in [0.05, 0.1) is 39.8 Å². The van der Waals surface area contributed by atoms with E-state index in [2.05, 4.69) is 91.5 Å². The average Bonchev–Trinajstić information content (AvgIpc) is 2.96. The SMILES string of the molecule is CC[N+](C)(C)CCC(O)(c1cccc2ccccc12)C(c1ccccc1)c1cc2cc(Br)ccc2nc1OC. The second kappa shape index (κ2) is 11.1. The molecule has 5 heteroatoms. The second-order valence-corrected chi connectivity index (χ2v) is 11.9. The van der Waals surface area contributed by atoms with Crippen molar-refractivity contribution in [2.45, 2.75) is 24.9 Å². The number of halogens is 1. The molecule has 0 saturated carbocycles. The zero-order valence-electron chi connectivity index (χ0n) is 23.1. The zero-order valence-corrected chi connectivity index (χ0v) is 24.7. The number of aliphatic hydroxyl groups is 1. The molecule has 1 heterocycles. The first-order chi connectivity index (χ1) is 18.8. The Kier molecular flexibility index (Phi) is 7.77. The molecule has 2 unspecified atom stereocenters. The van der Waals surface area contributed by atoms with Gasteiger partial charge in [0.15, 0.2) is 0 Å². The number of hydrogen-bond donors (Lipinski definition) is 1. The fraction of sp³-hybridized carbons (Fsp3) is 0.265. The largest absolute Gasteiger partial charge is 0.481 e. The van der Waals surface area contributed by atoms with Gasteiger partial charge in [-0.05, 0) is 53.1 Å². The Bertz CT molecular complexity index is 1600. The van der Waals surface area contributed by atoms with Crippen LogP contribution >= 0.6 is 15.9 Å². The van der Waals surface area contributed by atoms with E-state index >= 15 is 0 Å². The molecule has 5 rings (SSSR count). The number of benzene rings is 4. The van der Waals surface area contributed by atoms with Gasteiger partial charge >= 0.3 is 0 Å². The third-order valence-corrected chi connectivity index (χ3v) is 8.59. The van der Waals surface area contributed by atoms with E-state index in [1.54, 1.807) is 7.11 Å². The number of ether oxygens (including phenoxy) is 1. The van der Waals surface area contributed by atoms with Crippen molar-refractivity contribution in [3.8, 4) is 5.88 Å². The van der Waals surface area contributed by atoms with Gasteiger partial charge in [-0.1, -0.05) is 88.7 Å². The molecule has 0 aliphatic heterocycles. The molecule has 200 valence electrons. The summed E-state index contributed by atoms with van der Waals surface area (Å²) in [4.78, 5) is 4.92. The maximum Gasteiger partial charge on any atom is 0.217 e. The van der Waals surface area contributed by atoms with Crippen molar-refractivity contribution in [1.82, 2.24) is 4.98 Å². The summed E-state index contributed by atoms with van der Waals surface area (Å²) in [6.45, 7) is 3.96. The lowest BCUT2D eigenvalue weighted by atomic mass is 9.70. The Morgan fingerprint density at radius 3 is 2.36 bits per heavy atom. The highest BCUT2D eigenvalue weighted by Crippen LogP contribution is 2.49. The highest BCUT2D eigenvalue weighted by Gasteiger charge is 2.44. The zero-order chi connectivity index (χ0) is 27.6. The quantitative estimate of drug-likeness (QED) is 0.181. The van der Waals surface area contributed by atoms with Crippen LogP contribution in [0.25, 0.3) is 21.7 Å². The Labute approximate surface area is 239 Å². The molecule has 0 amide bonds. The van der Waals surface area contributed by atoms with Crippen molar-refractivity contribution in [3.63, 3.8) is 0 Å². The summed E-state index contributed by atoms with van der Waals surface area (Å²) in [7, 11) is 6.10. The topological polar surface area (TPSA) is 42.4 Å². The fourth-order valence-electron chi connectivity index (χ4n) is 5.54. The molecule has 0 saturated heterocycles. The normalized spacial score (nSPS) is 14.3. The monoisotopic (exact) mass is 583 g/mol. The van der Waals surface area contributed by atoms with Gasteiger partial charge in [0.25, 0.3) is 0 Å². The van der Waals surface area contributed by atoms with Gasteiger partial charge in [0.2, 0.25) is 5.88 Å². The molecule has 1 N–H and O–H groups in total. The van der Waals surface area contributed by atoms with Gasteiger partial charge in [0, 0.05) is 27.8 Å². The summed E-state index contributed by atoms with van der Waals surface area (Å²) >= 11 is 3.62. The Morgan fingerprint density at radius 1 is 0.897 bits per heavy atom. The van der Waals surface area contributed by atoms with Gasteiger partial charge < -0.3 is 14.3 Å². The number of methoxy groups -OCH3 is 1. The van der Waals surface area contributed by atoms with Crippen molar-refractivity contribution in [2.75, 3.05) is 34.3 Å². The Balaban J connectivity index is 1.83. The highest BCUT2D eigenvalue weighted by molar-refractivity contribution is 9.10. The van der Waals surface area contributed by atoms with Crippen molar-refractivity contribution in [2.24, 2.45) is 0 Å². The lowest BCUT2D eigenvalue weighted by molar-refractivity contribution is -0.889. The minimum atomic E-state index is -1.25. The molecule has 0 aliphatic rings. The summed E-state index contributed by atoms with van der Waals surface area (Å²) in [5.41, 5.74) is 2.41. The molecule has 0 aliphatic carbocycles. The second-order valence-electron chi connectivity index (χ2n) is 10.9. The van der Waals surface area contributed by atoms with Crippen LogP contribution in [0.2, 0.25) is 0 Å². The lowest BCUT2D eigenvalue weighted by Crippen LogP contribution is -2.45. The molecule has 4 nitrogen and oxygen atoms in total. The van der Waals surface area contributed by atoms with E-state index in [4.69, 9.17) is 9.72 Å². The van der Waals surface area contributed by atoms with Gasteiger partial charge in [0.1, 0.15) is 5.60 Å². The number of pyridine rings is 1. The van der Waals surface area contributed by atoms with Crippen LogP contribution in [0.4, 0.5) is 0 Å². The van der Waals surface area contributed by atoms with Crippen molar-refractivity contribution in [1.29, 1.82) is 0 Å². The van der Waals surface area contributed by atoms with Crippen molar-refractivity contribution in [3.05, 3.63) is 118 Å². The van der Waals surface area contributed by atoms with Crippen LogP contribution in [0.1, 0.15) is 36.0 Å². The number of aromatic nitrogens is 1. The van der Waals surface area contributed by atoms with E-state index in [0.717, 1.165) is 60.4 Å². The van der Waals surface area contributed by atoms with Crippen LogP contribution in [0.5, 0.6) is 5.88 Å². The molecule has 5 aromatic rings. The first-order valence-corrected chi connectivity index (χ1v) is 14.3. The molecule has 2 atom stereocenters. The van der Waals surface area contributed by atoms with Crippen LogP contribution in [-0.2, 0) is 5.60 Å². The maximum absolute atomic E-state index is 13.3. The molecule has 0 fully saturated rings. The van der Waals surface area contributed by atoms with E-state index in [0.29, 0.717) is 12.3 Å². The standard InChI is InChI=1S/C34H36BrN2O2/c1-5-37(2,3)21-20-34(38,30-17-11-15-24-12-9-10-16-28(24)30)32(25-13-7-6-8-14-25)29-23-26-22-27(35)18-19-31(26)36-33(29)39-4/h6-19,22-23,32,38H,5,20-21H2,1-4H3/q+1. The minimum absolute atomic E-state index is 0.424. The van der Waals surface area contributed by atoms with E-state index in [1.165, 1.54) is 0 Å². The number of hydrogen-bond acceptors (Lipinski definition) is 3. The third kappa shape index (κ3) is 5.44. The van der Waals surface area contributed by atoms with Crippen molar-refractivity contribution >= 4 is 37.6 Å². The lowest BCUT2D eigenvalue weighted by Gasteiger charge is -2.41. The molecule has 0 bridgehead atoms. The van der Waals surface area contributed by atoms with Crippen molar-refractivity contribution < 1.29 is 14.3 Å².